The van der Waals surface area contributed by atoms with Crippen molar-refractivity contribution < 1.29 is 27.5 Å². The second kappa shape index (κ2) is 12.1. The molecule has 1 aromatic heterocycles. The highest BCUT2D eigenvalue weighted by Crippen LogP contribution is 2.36. The summed E-state index contributed by atoms with van der Waals surface area (Å²) in [7, 11) is 0. The summed E-state index contributed by atoms with van der Waals surface area (Å²) in [5.41, 5.74) is 0.631. The number of aromatic nitrogens is 2. The largest absolute Gasteiger partial charge is 0.457 e. The van der Waals surface area contributed by atoms with Gasteiger partial charge in [-0.05, 0) is 56.5 Å². The monoisotopic (exact) mass is 541 g/mol. The van der Waals surface area contributed by atoms with Crippen LogP contribution in [0.5, 0.6) is 0 Å². The lowest BCUT2D eigenvalue weighted by Crippen LogP contribution is -2.41. The molecule has 1 aliphatic rings. The van der Waals surface area contributed by atoms with E-state index in [4.69, 9.17) is 4.74 Å². The topological polar surface area (TPSA) is 105 Å². The van der Waals surface area contributed by atoms with Gasteiger partial charge in [-0.3, -0.25) is 4.79 Å². The molecule has 1 saturated carbocycles. The molecule has 3 aromatic rings. The van der Waals surface area contributed by atoms with E-state index in [9.17, 15) is 22.8 Å². The Morgan fingerprint density at radius 2 is 1.77 bits per heavy atom. The van der Waals surface area contributed by atoms with E-state index in [1.165, 1.54) is 12.1 Å². The number of ether oxygens (including phenoxy) is 1. The molecule has 0 saturated heterocycles. The number of esters is 1. The van der Waals surface area contributed by atoms with Gasteiger partial charge < -0.3 is 20.7 Å². The minimum absolute atomic E-state index is 0.0638. The summed E-state index contributed by atoms with van der Waals surface area (Å²) in [6.07, 6.45) is -2.14. The quantitative estimate of drug-likeness (QED) is 0.299. The van der Waals surface area contributed by atoms with E-state index in [2.05, 4.69) is 25.9 Å². The van der Waals surface area contributed by atoms with Crippen LogP contribution >= 0.6 is 0 Å². The second-order valence-corrected chi connectivity index (χ2v) is 9.67. The number of hydrogen-bond donors (Lipinski definition) is 3. The van der Waals surface area contributed by atoms with Crippen LogP contribution in [0.15, 0.2) is 60.8 Å². The highest BCUT2D eigenvalue weighted by Gasteiger charge is 2.39. The van der Waals surface area contributed by atoms with Crippen LogP contribution in [-0.2, 0) is 22.3 Å². The van der Waals surface area contributed by atoms with Crippen molar-refractivity contribution in [1.82, 2.24) is 15.3 Å². The van der Waals surface area contributed by atoms with Gasteiger partial charge >= 0.3 is 12.1 Å². The van der Waals surface area contributed by atoms with Crippen LogP contribution in [0.2, 0.25) is 0 Å². The van der Waals surface area contributed by atoms with Crippen molar-refractivity contribution in [3.63, 3.8) is 0 Å². The third-order valence-electron chi connectivity index (χ3n) is 6.29. The van der Waals surface area contributed by atoms with Crippen LogP contribution < -0.4 is 16.0 Å². The Labute approximate surface area is 224 Å². The Kier molecular flexibility index (Phi) is 8.68. The summed E-state index contributed by atoms with van der Waals surface area (Å²) >= 11 is 0. The number of carbonyl (C=O) groups excluding carboxylic acids is 2. The summed E-state index contributed by atoms with van der Waals surface area (Å²) in [5.74, 6) is -1.62. The number of carbonyl (C=O) groups is 2. The van der Waals surface area contributed by atoms with Crippen molar-refractivity contribution in [3.05, 3.63) is 77.5 Å². The van der Waals surface area contributed by atoms with Crippen molar-refractivity contribution >= 4 is 29.3 Å². The first-order chi connectivity index (χ1) is 18.6. The van der Waals surface area contributed by atoms with Gasteiger partial charge in [-0.15, -0.1) is 0 Å². The molecule has 1 fully saturated rings. The first-order valence-corrected chi connectivity index (χ1v) is 12.7. The lowest BCUT2D eigenvalue weighted by Gasteiger charge is -2.24. The Bertz CT molecular complexity index is 1280. The Morgan fingerprint density at radius 1 is 1.05 bits per heavy atom. The van der Waals surface area contributed by atoms with Crippen molar-refractivity contribution in [2.75, 3.05) is 10.6 Å². The fraction of sp³-hybridized carbons (Fsp3) is 0.357. The van der Waals surface area contributed by atoms with Gasteiger partial charge in [-0.1, -0.05) is 36.8 Å². The zero-order chi connectivity index (χ0) is 28.0. The summed E-state index contributed by atoms with van der Waals surface area (Å²) < 4.78 is 46.5. The standard InChI is InChI=1S/C28H30F3N5O3/c1-17(2)33-25(37)21-9-6-10-23(21)35-24-22(28(29,30)31)15-32-27(36-24)34-20-13-11-19(12-14-20)26(38)39-16-18-7-4-3-5-8-18/h3-5,7-8,11-15,17,21,23H,6,9-10,16H2,1-2H3,(H,33,37)(H2,32,34,35,36)/t21-,23?/m0/s1. The van der Waals surface area contributed by atoms with E-state index in [0.717, 1.165) is 5.56 Å². The molecule has 0 bridgehead atoms. The number of anilines is 3. The zero-order valence-corrected chi connectivity index (χ0v) is 21.6. The van der Waals surface area contributed by atoms with E-state index >= 15 is 0 Å². The lowest BCUT2D eigenvalue weighted by molar-refractivity contribution is -0.137. The minimum atomic E-state index is -4.68. The normalized spacial score (nSPS) is 17.1. The highest BCUT2D eigenvalue weighted by atomic mass is 19.4. The highest BCUT2D eigenvalue weighted by molar-refractivity contribution is 5.89. The van der Waals surface area contributed by atoms with Crippen molar-refractivity contribution in [2.45, 2.75) is 58.0 Å². The van der Waals surface area contributed by atoms with Crippen molar-refractivity contribution in [3.8, 4) is 0 Å². The van der Waals surface area contributed by atoms with E-state index in [0.29, 0.717) is 36.7 Å². The molecule has 11 heteroatoms. The summed E-state index contributed by atoms with van der Waals surface area (Å²) in [6.45, 7) is 3.80. The average Bonchev–Trinajstić information content (AvgIpc) is 3.36. The molecule has 2 aromatic carbocycles. The molecule has 0 spiro atoms. The smallest absolute Gasteiger partial charge is 0.421 e. The number of hydrogen-bond acceptors (Lipinski definition) is 7. The van der Waals surface area contributed by atoms with Gasteiger partial charge in [0.1, 0.15) is 18.0 Å². The molecule has 3 N–H and O–H groups in total. The number of halogens is 3. The molecule has 8 nitrogen and oxygen atoms in total. The summed E-state index contributed by atoms with van der Waals surface area (Å²) in [6, 6.07) is 14.9. The molecular formula is C28H30F3N5O3. The van der Waals surface area contributed by atoms with Crippen molar-refractivity contribution in [1.29, 1.82) is 0 Å². The second-order valence-electron chi connectivity index (χ2n) is 9.67. The summed E-state index contributed by atoms with van der Waals surface area (Å²) in [4.78, 5) is 32.9. The maximum Gasteiger partial charge on any atom is 0.421 e. The van der Waals surface area contributed by atoms with Gasteiger partial charge in [0.15, 0.2) is 0 Å². The molecule has 0 radical (unpaired) electrons. The number of amides is 1. The lowest BCUT2D eigenvalue weighted by atomic mass is 10.0. The number of rotatable bonds is 9. The predicted molar refractivity (Wildman–Crippen MR) is 140 cm³/mol. The Morgan fingerprint density at radius 3 is 2.44 bits per heavy atom. The molecule has 1 heterocycles. The van der Waals surface area contributed by atoms with Crippen molar-refractivity contribution in [2.24, 2.45) is 5.92 Å². The molecule has 1 aliphatic carbocycles. The van der Waals surface area contributed by atoms with Gasteiger partial charge in [0.2, 0.25) is 11.9 Å². The van der Waals surface area contributed by atoms with Crippen LogP contribution in [0.25, 0.3) is 0 Å². The van der Waals surface area contributed by atoms with E-state index in [1.807, 2.05) is 44.2 Å². The minimum Gasteiger partial charge on any atom is -0.457 e. The van der Waals surface area contributed by atoms with E-state index in [1.54, 1.807) is 12.1 Å². The van der Waals surface area contributed by atoms with Crippen LogP contribution in [0, 0.1) is 5.92 Å². The molecule has 206 valence electrons. The van der Waals surface area contributed by atoms with Gasteiger partial charge in [0.25, 0.3) is 0 Å². The molecule has 1 amide bonds. The van der Waals surface area contributed by atoms with Gasteiger partial charge in [-0.2, -0.15) is 18.2 Å². The summed E-state index contributed by atoms with van der Waals surface area (Å²) in [5, 5.41) is 8.57. The molecule has 4 rings (SSSR count). The number of nitrogens with one attached hydrogen (secondary N) is 3. The Hall–Kier alpha value is -4.15. The zero-order valence-electron chi connectivity index (χ0n) is 21.6. The third-order valence-corrected chi connectivity index (χ3v) is 6.29. The molecule has 39 heavy (non-hydrogen) atoms. The SMILES string of the molecule is CC(C)NC(=O)[C@H]1CCCC1Nc1nc(Nc2ccc(C(=O)OCc3ccccc3)cc2)ncc1C(F)(F)F. The maximum absolute atomic E-state index is 13.7. The van der Waals surface area contributed by atoms with Gasteiger partial charge in [-0.25, -0.2) is 9.78 Å². The van der Waals surface area contributed by atoms with Crippen LogP contribution in [0.3, 0.4) is 0 Å². The maximum atomic E-state index is 13.7. The van der Waals surface area contributed by atoms with Crippen LogP contribution in [-0.4, -0.2) is 33.9 Å². The first-order valence-electron chi connectivity index (χ1n) is 12.7. The van der Waals surface area contributed by atoms with Gasteiger partial charge in [0, 0.05) is 24.0 Å². The molecule has 0 aliphatic heterocycles. The molecular weight excluding hydrogens is 511 g/mol. The van der Waals surface area contributed by atoms with Gasteiger partial charge in [0.05, 0.1) is 11.5 Å². The predicted octanol–water partition coefficient (Wildman–Crippen LogP) is 5.70. The first kappa shape index (κ1) is 27.9. The number of alkyl halides is 3. The van der Waals surface area contributed by atoms with E-state index < -0.39 is 35.5 Å². The van der Waals surface area contributed by atoms with Crippen LogP contribution in [0.4, 0.5) is 30.6 Å². The number of nitrogens with zero attached hydrogens (tertiary/aromatic N) is 2. The fourth-order valence-corrected chi connectivity index (χ4v) is 4.40. The number of benzene rings is 2. The van der Waals surface area contributed by atoms with E-state index in [-0.39, 0.29) is 24.5 Å². The Balaban J connectivity index is 1.46. The molecule has 1 unspecified atom stereocenters. The molecule has 2 atom stereocenters. The average molecular weight is 542 g/mol. The van der Waals surface area contributed by atoms with Crippen LogP contribution in [0.1, 0.15) is 54.6 Å². The fourth-order valence-electron chi connectivity index (χ4n) is 4.40. The third kappa shape index (κ3) is 7.46.